The highest BCUT2D eigenvalue weighted by Gasteiger charge is 2.15. The molecule has 0 aliphatic rings. The lowest BCUT2D eigenvalue weighted by Gasteiger charge is -2.05. The van der Waals surface area contributed by atoms with Crippen molar-refractivity contribution < 1.29 is 18.3 Å². The number of nitrogens with zero attached hydrogens (tertiary/aromatic N) is 4. The normalized spacial score (nSPS) is 11.0. The molecule has 0 saturated carbocycles. The molecule has 2 heterocycles. The lowest BCUT2D eigenvalue weighted by atomic mass is 10.2. The van der Waals surface area contributed by atoms with Gasteiger partial charge in [0, 0.05) is 11.9 Å². The Kier molecular flexibility index (Phi) is 5.49. The first-order chi connectivity index (χ1) is 12.9. The number of aromatic nitrogens is 4. The summed E-state index contributed by atoms with van der Waals surface area (Å²) in [5, 5.41) is 10.6. The molecular weight excluding hydrogens is 356 g/mol. The summed E-state index contributed by atoms with van der Waals surface area (Å²) < 4.78 is 33.5. The molecule has 7 nitrogen and oxygen atoms in total. The molecule has 0 unspecified atom stereocenters. The maximum absolute atomic E-state index is 12.7. The van der Waals surface area contributed by atoms with E-state index >= 15 is 0 Å². The van der Waals surface area contributed by atoms with E-state index in [-0.39, 0.29) is 18.1 Å². The van der Waals surface area contributed by atoms with Gasteiger partial charge in [0.05, 0.1) is 25.5 Å². The number of methoxy groups -OCH3 is 1. The second-order valence-corrected chi connectivity index (χ2v) is 6.00. The molecule has 0 atom stereocenters. The molecule has 0 aliphatic heterocycles. The number of anilines is 1. The zero-order chi connectivity index (χ0) is 19.4. The molecule has 1 aromatic carbocycles. The number of hydrogen-bond donors (Lipinski definition) is 1. The van der Waals surface area contributed by atoms with Crippen LogP contribution in [0.1, 0.15) is 23.4 Å². The topological polar surface area (TPSA) is 74.0 Å². The van der Waals surface area contributed by atoms with Crippen LogP contribution < -0.4 is 10.1 Å². The molecule has 0 fully saturated rings. The van der Waals surface area contributed by atoms with Crippen molar-refractivity contribution in [1.29, 1.82) is 0 Å². The monoisotopic (exact) mass is 375 g/mol. The molecule has 0 spiro atoms. The lowest BCUT2D eigenvalue weighted by molar-refractivity contribution is -0.117. The van der Waals surface area contributed by atoms with E-state index in [1.807, 2.05) is 24.3 Å². The first kappa shape index (κ1) is 18.6. The van der Waals surface area contributed by atoms with Crippen molar-refractivity contribution in [2.24, 2.45) is 0 Å². The van der Waals surface area contributed by atoms with E-state index < -0.39 is 6.43 Å². The van der Waals surface area contributed by atoms with Gasteiger partial charge in [-0.1, -0.05) is 12.1 Å². The molecule has 1 amide bonds. The maximum atomic E-state index is 12.7. The van der Waals surface area contributed by atoms with E-state index in [0.717, 1.165) is 11.3 Å². The number of hydrogen-bond acceptors (Lipinski definition) is 4. The Balaban J connectivity index is 1.60. The molecule has 0 bridgehead atoms. The molecule has 3 rings (SSSR count). The van der Waals surface area contributed by atoms with Gasteiger partial charge in [-0.25, -0.2) is 8.78 Å². The fourth-order valence-electron chi connectivity index (χ4n) is 2.61. The van der Waals surface area contributed by atoms with E-state index in [1.54, 1.807) is 24.9 Å². The minimum atomic E-state index is -2.66. The lowest BCUT2D eigenvalue weighted by Crippen LogP contribution is -2.20. The van der Waals surface area contributed by atoms with Crippen molar-refractivity contribution in [2.75, 3.05) is 12.4 Å². The molecule has 9 heteroatoms. The Labute approximate surface area is 154 Å². The standard InChI is InChI=1S/C18H19F2N5O2/c1-12-6-16(18(19)20)23-25(12)11-17(26)22-14-8-21-24(10-14)9-13-4-3-5-15(7-13)27-2/h3-8,10,18H,9,11H2,1-2H3,(H,22,26). The Morgan fingerprint density at radius 1 is 1.33 bits per heavy atom. The smallest absolute Gasteiger partial charge is 0.282 e. The van der Waals surface area contributed by atoms with Crippen LogP contribution in [0.3, 0.4) is 0 Å². The molecule has 142 valence electrons. The molecule has 0 radical (unpaired) electrons. The first-order valence-electron chi connectivity index (χ1n) is 8.22. The minimum Gasteiger partial charge on any atom is -0.497 e. The molecule has 3 aromatic rings. The number of halogens is 2. The van der Waals surface area contributed by atoms with Gasteiger partial charge in [-0.05, 0) is 30.7 Å². The van der Waals surface area contributed by atoms with Crippen molar-refractivity contribution in [2.45, 2.75) is 26.4 Å². The number of ether oxygens (including phenoxy) is 1. The molecule has 0 aliphatic carbocycles. The summed E-state index contributed by atoms with van der Waals surface area (Å²) in [6, 6.07) is 8.87. The summed E-state index contributed by atoms with van der Waals surface area (Å²) in [7, 11) is 1.60. The molecule has 2 aromatic heterocycles. The number of rotatable bonds is 7. The number of amides is 1. The van der Waals surface area contributed by atoms with Gasteiger partial charge in [-0.3, -0.25) is 14.2 Å². The zero-order valence-corrected chi connectivity index (χ0v) is 14.9. The van der Waals surface area contributed by atoms with Crippen LogP contribution in [0, 0.1) is 6.92 Å². The Hall–Kier alpha value is -3.23. The van der Waals surface area contributed by atoms with Gasteiger partial charge in [0.1, 0.15) is 18.0 Å². The van der Waals surface area contributed by atoms with Crippen LogP contribution in [0.25, 0.3) is 0 Å². The third-order valence-electron chi connectivity index (χ3n) is 3.91. The molecule has 27 heavy (non-hydrogen) atoms. The average Bonchev–Trinajstić information content (AvgIpc) is 3.22. The fourth-order valence-corrected chi connectivity index (χ4v) is 2.61. The van der Waals surface area contributed by atoms with E-state index in [1.165, 1.54) is 16.9 Å². The number of alkyl halides is 2. The number of benzene rings is 1. The van der Waals surface area contributed by atoms with Crippen LogP contribution in [0.15, 0.2) is 42.7 Å². The summed E-state index contributed by atoms with van der Waals surface area (Å²) >= 11 is 0. The number of carbonyl (C=O) groups excluding carboxylic acids is 1. The van der Waals surface area contributed by atoms with Crippen molar-refractivity contribution in [3.63, 3.8) is 0 Å². The van der Waals surface area contributed by atoms with Crippen molar-refractivity contribution in [1.82, 2.24) is 19.6 Å². The summed E-state index contributed by atoms with van der Waals surface area (Å²) in [6.07, 6.45) is 0.555. The van der Waals surface area contributed by atoms with E-state index in [2.05, 4.69) is 15.5 Å². The quantitative estimate of drug-likeness (QED) is 0.689. The van der Waals surface area contributed by atoms with Crippen LogP contribution in [-0.2, 0) is 17.9 Å². The van der Waals surface area contributed by atoms with E-state index in [0.29, 0.717) is 17.9 Å². The minimum absolute atomic E-state index is 0.153. The predicted molar refractivity (Wildman–Crippen MR) is 94.9 cm³/mol. The van der Waals surface area contributed by atoms with Gasteiger partial charge < -0.3 is 10.1 Å². The Morgan fingerprint density at radius 3 is 2.85 bits per heavy atom. The third kappa shape index (κ3) is 4.69. The van der Waals surface area contributed by atoms with E-state index in [4.69, 9.17) is 4.74 Å². The van der Waals surface area contributed by atoms with Crippen LogP contribution in [0.2, 0.25) is 0 Å². The van der Waals surface area contributed by atoms with Crippen LogP contribution >= 0.6 is 0 Å². The first-order valence-corrected chi connectivity index (χ1v) is 8.22. The van der Waals surface area contributed by atoms with Crippen molar-refractivity contribution in [3.05, 3.63) is 59.7 Å². The maximum Gasteiger partial charge on any atom is 0.282 e. The second-order valence-electron chi connectivity index (χ2n) is 6.00. The number of carbonyl (C=O) groups is 1. The van der Waals surface area contributed by atoms with Crippen LogP contribution in [0.4, 0.5) is 14.5 Å². The highest BCUT2D eigenvalue weighted by molar-refractivity contribution is 5.90. The van der Waals surface area contributed by atoms with Gasteiger partial charge in [0.15, 0.2) is 0 Å². The summed E-state index contributed by atoms with van der Waals surface area (Å²) in [5.41, 5.74) is 1.67. The number of aryl methyl sites for hydroxylation is 1. The SMILES string of the molecule is COc1cccc(Cn2cc(NC(=O)Cn3nc(C(F)F)cc3C)cn2)c1. The molecule has 1 N–H and O–H groups in total. The van der Waals surface area contributed by atoms with Crippen LogP contribution in [-0.4, -0.2) is 32.6 Å². The van der Waals surface area contributed by atoms with Crippen molar-refractivity contribution >= 4 is 11.6 Å². The zero-order valence-electron chi connectivity index (χ0n) is 14.9. The largest absolute Gasteiger partial charge is 0.497 e. The summed E-state index contributed by atoms with van der Waals surface area (Å²) in [4.78, 5) is 12.2. The average molecular weight is 375 g/mol. The molecule has 0 saturated heterocycles. The third-order valence-corrected chi connectivity index (χ3v) is 3.91. The predicted octanol–water partition coefficient (Wildman–Crippen LogP) is 3.02. The fraction of sp³-hybridized carbons (Fsp3) is 0.278. The Bertz CT molecular complexity index is 935. The van der Waals surface area contributed by atoms with Gasteiger partial charge in [0.25, 0.3) is 6.43 Å². The van der Waals surface area contributed by atoms with E-state index in [9.17, 15) is 13.6 Å². The Morgan fingerprint density at radius 2 is 2.15 bits per heavy atom. The summed E-state index contributed by atoms with van der Waals surface area (Å²) in [5.74, 6) is 0.383. The van der Waals surface area contributed by atoms with Gasteiger partial charge in [-0.2, -0.15) is 10.2 Å². The molecular formula is C18H19F2N5O2. The van der Waals surface area contributed by atoms with Gasteiger partial charge in [0.2, 0.25) is 5.91 Å². The highest BCUT2D eigenvalue weighted by atomic mass is 19.3. The number of nitrogens with one attached hydrogen (secondary N) is 1. The second kappa shape index (κ2) is 7.98. The summed E-state index contributed by atoms with van der Waals surface area (Å²) in [6.45, 7) is 1.99. The van der Waals surface area contributed by atoms with Crippen LogP contribution in [0.5, 0.6) is 5.75 Å². The van der Waals surface area contributed by atoms with Gasteiger partial charge >= 0.3 is 0 Å². The van der Waals surface area contributed by atoms with Gasteiger partial charge in [-0.15, -0.1) is 0 Å². The van der Waals surface area contributed by atoms with Crippen molar-refractivity contribution in [3.8, 4) is 5.75 Å². The highest BCUT2D eigenvalue weighted by Crippen LogP contribution is 2.18.